The van der Waals surface area contributed by atoms with Gasteiger partial charge in [-0.2, -0.15) is 0 Å². The molecule has 1 N–H and O–H groups in total. The van der Waals surface area contributed by atoms with E-state index in [4.69, 9.17) is 0 Å². The minimum atomic E-state index is 0.0445. The number of nitrogens with one attached hydrogen (secondary N) is 1. The second-order valence-electron chi connectivity index (χ2n) is 7.80. The fourth-order valence-electron chi connectivity index (χ4n) is 3.08. The van der Waals surface area contributed by atoms with Crippen LogP contribution in [0, 0.1) is 5.92 Å². The van der Waals surface area contributed by atoms with Crippen molar-refractivity contribution >= 4 is 17.2 Å². The molecule has 0 bridgehead atoms. The molecule has 0 atom stereocenters. The lowest BCUT2D eigenvalue weighted by Gasteiger charge is -2.32. The van der Waals surface area contributed by atoms with E-state index in [9.17, 15) is 4.79 Å². The topological polar surface area (TPSA) is 48.5 Å². The highest BCUT2D eigenvalue weighted by Crippen LogP contribution is 2.24. The van der Waals surface area contributed by atoms with Gasteiger partial charge in [-0.1, -0.05) is 38.1 Å². The van der Waals surface area contributed by atoms with Crippen molar-refractivity contribution in [2.24, 2.45) is 5.92 Å². The van der Waals surface area contributed by atoms with Gasteiger partial charge in [-0.15, -0.1) is 11.3 Å². The fourth-order valence-corrected chi connectivity index (χ4v) is 3.91. The van der Waals surface area contributed by atoms with Crippen LogP contribution in [0.15, 0.2) is 29.6 Å². The fraction of sp³-hybridized carbons (Fsp3) is 0.524. The smallest absolute Gasteiger partial charge is 0.226 e. The van der Waals surface area contributed by atoms with Crippen LogP contribution in [-0.2, 0) is 17.8 Å². The van der Waals surface area contributed by atoms with E-state index < -0.39 is 0 Å². The molecule has 0 aliphatic carbocycles. The summed E-state index contributed by atoms with van der Waals surface area (Å²) in [7, 11) is 2.18. The predicted molar refractivity (Wildman–Crippen MR) is 112 cm³/mol. The van der Waals surface area contributed by atoms with E-state index in [-0.39, 0.29) is 5.91 Å². The molecule has 27 heavy (non-hydrogen) atoms. The van der Waals surface area contributed by atoms with Crippen LogP contribution in [0.4, 0.5) is 0 Å². The Morgan fingerprint density at radius 3 is 2.56 bits per heavy atom. The number of nitrogens with zero attached hydrogens (tertiary/aromatic N) is 3. The first kappa shape index (κ1) is 20.0. The van der Waals surface area contributed by atoms with Crippen molar-refractivity contribution in [3.63, 3.8) is 0 Å². The molecule has 1 aliphatic heterocycles. The van der Waals surface area contributed by atoms with E-state index in [1.54, 1.807) is 11.3 Å². The molecule has 3 rings (SSSR count). The molecule has 0 radical (unpaired) electrons. The van der Waals surface area contributed by atoms with Gasteiger partial charge in [0, 0.05) is 50.2 Å². The molecule has 2 heterocycles. The largest absolute Gasteiger partial charge is 0.356 e. The van der Waals surface area contributed by atoms with Crippen LogP contribution in [0.1, 0.15) is 25.1 Å². The normalized spacial score (nSPS) is 16.0. The lowest BCUT2D eigenvalue weighted by molar-refractivity contribution is -0.120. The average molecular weight is 387 g/mol. The highest BCUT2D eigenvalue weighted by molar-refractivity contribution is 7.13. The number of carbonyl (C=O) groups is 1. The van der Waals surface area contributed by atoms with Gasteiger partial charge < -0.3 is 10.2 Å². The number of benzene rings is 1. The van der Waals surface area contributed by atoms with E-state index in [2.05, 4.69) is 65.3 Å². The lowest BCUT2D eigenvalue weighted by Crippen LogP contribution is -2.43. The second-order valence-corrected chi connectivity index (χ2v) is 8.65. The molecule has 146 valence electrons. The summed E-state index contributed by atoms with van der Waals surface area (Å²) in [5.41, 5.74) is 3.31. The Morgan fingerprint density at radius 2 is 1.89 bits per heavy atom. The first-order chi connectivity index (χ1) is 13.0. The maximum atomic E-state index is 12.0. The van der Waals surface area contributed by atoms with Gasteiger partial charge in [0.25, 0.3) is 0 Å². The first-order valence-electron chi connectivity index (χ1n) is 9.71. The van der Waals surface area contributed by atoms with Crippen molar-refractivity contribution in [3.05, 3.63) is 40.9 Å². The number of rotatable bonds is 7. The summed E-state index contributed by atoms with van der Waals surface area (Å²) in [5.74, 6) is 0.507. The molecule has 0 unspecified atom stereocenters. The molecular weight excluding hydrogens is 356 g/mol. The summed E-state index contributed by atoms with van der Waals surface area (Å²) >= 11 is 1.60. The molecule has 1 aromatic heterocycles. The van der Waals surface area contributed by atoms with Gasteiger partial charge in [0.1, 0.15) is 5.01 Å². The van der Waals surface area contributed by atoms with Crippen LogP contribution in [0.5, 0.6) is 0 Å². The maximum absolute atomic E-state index is 12.0. The highest BCUT2D eigenvalue weighted by atomic mass is 32.1. The van der Waals surface area contributed by atoms with Crippen LogP contribution in [0.2, 0.25) is 0 Å². The van der Waals surface area contributed by atoms with E-state index in [1.807, 2.05) is 5.38 Å². The third kappa shape index (κ3) is 6.13. The molecule has 6 heteroatoms. The quantitative estimate of drug-likeness (QED) is 0.795. The molecule has 1 aliphatic rings. The Kier molecular flexibility index (Phi) is 6.99. The number of likely N-dealkylation sites (N-methyl/N-ethyl adjacent to an activating group) is 1. The molecule has 0 saturated carbocycles. The number of piperazine rings is 1. The van der Waals surface area contributed by atoms with E-state index in [0.717, 1.165) is 49.0 Å². The minimum Gasteiger partial charge on any atom is -0.356 e. The summed E-state index contributed by atoms with van der Waals surface area (Å²) in [6.07, 6.45) is 0.352. The highest BCUT2D eigenvalue weighted by Gasteiger charge is 2.14. The Balaban J connectivity index is 1.54. The Labute approximate surface area is 166 Å². The molecule has 0 spiro atoms. The Bertz CT molecular complexity index is 733. The molecular formula is C21H30N4OS. The maximum Gasteiger partial charge on any atom is 0.226 e. The van der Waals surface area contributed by atoms with Crippen molar-refractivity contribution < 1.29 is 4.79 Å². The molecule has 2 aromatic rings. The zero-order chi connectivity index (χ0) is 19.2. The lowest BCUT2D eigenvalue weighted by atomic mass is 10.1. The van der Waals surface area contributed by atoms with Crippen LogP contribution in [-0.4, -0.2) is 60.5 Å². The van der Waals surface area contributed by atoms with E-state index in [0.29, 0.717) is 18.9 Å². The number of hydrogen-bond donors (Lipinski definition) is 1. The van der Waals surface area contributed by atoms with E-state index in [1.165, 1.54) is 5.56 Å². The predicted octanol–water partition coefficient (Wildman–Crippen LogP) is 2.87. The monoisotopic (exact) mass is 386 g/mol. The van der Waals surface area contributed by atoms with Crippen molar-refractivity contribution in [3.8, 4) is 10.6 Å². The van der Waals surface area contributed by atoms with Crippen molar-refractivity contribution in [1.82, 2.24) is 20.1 Å². The van der Waals surface area contributed by atoms with Gasteiger partial charge in [-0.05, 0) is 18.5 Å². The molecule has 1 aromatic carbocycles. The van der Waals surface area contributed by atoms with Crippen LogP contribution >= 0.6 is 11.3 Å². The van der Waals surface area contributed by atoms with Crippen LogP contribution < -0.4 is 5.32 Å². The van der Waals surface area contributed by atoms with Gasteiger partial charge in [-0.3, -0.25) is 9.69 Å². The van der Waals surface area contributed by atoms with Crippen LogP contribution in [0.25, 0.3) is 10.6 Å². The molecule has 1 fully saturated rings. The molecule has 1 amide bonds. The number of thiazole rings is 1. The number of hydrogen-bond acceptors (Lipinski definition) is 5. The van der Waals surface area contributed by atoms with Gasteiger partial charge >= 0.3 is 0 Å². The van der Waals surface area contributed by atoms with Crippen LogP contribution in [0.3, 0.4) is 0 Å². The van der Waals surface area contributed by atoms with Gasteiger partial charge in [-0.25, -0.2) is 4.98 Å². The standard InChI is InChI=1S/C21H30N4OS/c1-16(2)13-22-20(26)12-19-15-27-21(23-19)18-6-4-17(5-7-18)14-25-10-8-24(3)9-11-25/h4-7,15-16H,8-14H2,1-3H3,(H,22,26). The first-order valence-corrected chi connectivity index (χ1v) is 10.6. The zero-order valence-corrected chi connectivity index (χ0v) is 17.4. The van der Waals surface area contributed by atoms with Gasteiger partial charge in [0.2, 0.25) is 5.91 Å². The average Bonchev–Trinajstić information content (AvgIpc) is 3.11. The Hall–Kier alpha value is -1.76. The third-order valence-electron chi connectivity index (χ3n) is 4.80. The summed E-state index contributed by atoms with van der Waals surface area (Å²) in [6.45, 7) is 10.5. The molecule has 5 nitrogen and oxygen atoms in total. The number of amides is 1. The summed E-state index contributed by atoms with van der Waals surface area (Å²) in [5, 5.41) is 5.91. The van der Waals surface area contributed by atoms with Crippen molar-refractivity contribution in [1.29, 1.82) is 0 Å². The Morgan fingerprint density at radius 1 is 1.19 bits per heavy atom. The van der Waals surface area contributed by atoms with Gasteiger partial charge in [0.05, 0.1) is 12.1 Å². The zero-order valence-electron chi connectivity index (χ0n) is 16.6. The number of carbonyl (C=O) groups excluding carboxylic acids is 1. The van der Waals surface area contributed by atoms with Crippen molar-refractivity contribution in [2.75, 3.05) is 39.8 Å². The van der Waals surface area contributed by atoms with Crippen molar-refractivity contribution in [2.45, 2.75) is 26.8 Å². The number of aromatic nitrogens is 1. The summed E-state index contributed by atoms with van der Waals surface area (Å²) < 4.78 is 0. The summed E-state index contributed by atoms with van der Waals surface area (Å²) in [6, 6.07) is 8.69. The van der Waals surface area contributed by atoms with E-state index >= 15 is 0 Å². The second kappa shape index (κ2) is 9.44. The van der Waals surface area contributed by atoms with Gasteiger partial charge in [0.15, 0.2) is 0 Å². The minimum absolute atomic E-state index is 0.0445. The SMILES string of the molecule is CC(C)CNC(=O)Cc1csc(-c2ccc(CN3CCN(C)CC3)cc2)n1. The summed E-state index contributed by atoms with van der Waals surface area (Å²) in [4.78, 5) is 21.5. The third-order valence-corrected chi connectivity index (χ3v) is 5.74. The molecule has 1 saturated heterocycles.